The maximum Gasteiger partial charge on any atom is 0.573 e. The molecular formula is C24H25F3N4O3. The van der Waals surface area contributed by atoms with Gasteiger partial charge in [-0.15, -0.1) is 13.2 Å². The minimum atomic E-state index is -4.76. The van der Waals surface area contributed by atoms with E-state index < -0.39 is 6.36 Å². The molecule has 0 radical (unpaired) electrons. The Balaban J connectivity index is 1.25. The third kappa shape index (κ3) is 4.86. The SMILES string of the molecule is O=C(c1ccc(OC(F)(F)F)cc1)N1CCC(c2ccnc3[nH]c(C4CCCCO4)nc23)CC1. The number of hydrogen-bond acceptors (Lipinski definition) is 5. The summed E-state index contributed by atoms with van der Waals surface area (Å²) < 4.78 is 46.8. The van der Waals surface area contributed by atoms with Crippen LogP contribution < -0.4 is 4.74 Å². The number of hydrogen-bond donors (Lipinski definition) is 1. The highest BCUT2D eigenvalue weighted by atomic mass is 19.4. The first-order valence-corrected chi connectivity index (χ1v) is 11.5. The number of aromatic amines is 1. The number of likely N-dealkylation sites (tertiary alicyclic amines) is 1. The van der Waals surface area contributed by atoms with Crippen molar-refractivity contribution in [2.75, 3.05) is 19.7 Å². The van der Waals surface area contributed by atoms with Crippen LogP contribution in [0.3, 0.4) is 0 Å². The number of H-pyrrole nitrogens is 1. The van der Waals surface area contributed by atoms with E-state index >= 15 is 0 Å². The van der Waals surface area contributed by atoms with Crippen LogP contribution in [0.25, 0.3) is 11.2 Å². The molecule has 3 aromatic rings. The first-order valence-electron chi connectivity index (χ1n) is 11.5. The quantitative estimate of drug-likeness (QED) is 0.568. The Morgan fingerprint density at radius 1 is 1.09 bits per heavy atom. The van der Waals surface area contributed by atoms with Crippen molar-refractivity contribution >= 4 is 17.1 Å². The van der Waals surface area contributed by atoms with E-state index in [0.717, 1.165) is 73.4 Å². The monoisotopic (exact) mass is 474 g/mol. The lowest BCUT2D eigenvalue weighted by atomic mass is 9.89. The number of amides is 1. The molecule has 0 saturated carbocycles. The van der Waals surface area contributed by atoms with Crippen LogP contribution in [0.4, 0.5) is 13.2 Å². The van der Waals surface area contributed by atoms with E-state index in [1.165, 1.54) is 12.1 Å². The van der Waals surface area contributed by atoms with Gasteiger partial charge in [-0.3, -0.25) is 4.79 Å². The molecular weight excluding hydrogens is 449 g/mol. The molecule has 180 valence electrons. The molecule has 1 aromatic carbocycles. The topological polar surface area (TPSA) is 80.3 Å². The van der Waals surface area contributed by atoms with Crippen molar-refractivity contribution in [1.29, 1.82) is 0 Å². The Hall–Kier alpha value is -3.14. The van der Waals surface area contributed by atoms with Crippen molar-refractivity contribution < 1.29 is 27.4 Å². The Morgan fingerprint density at radius 2 is 1.85 bits per heavy atom. The summed E-state index contributed by atoms with van der Waals surface area (Å²) in [5, 5.41) is 0. The number of halogens is 3. The first-order chi connectivity index (χ1) is 16.4. The highest BCUT2D eigenvalue weighted by molar-refractivity contribution is 5.94. The summed E-state index contributed by atoms with van der Waals surface area (Å²) in [6.07, 6.45) is 1.66. The van der Waals surface area contributed by atoms with E-state index in [4.69, 9.17) is 9.72 Å². The second kappa shape index (κ2) is 9.25. The largest absolute Gasteiger partial charge is 0.573 e. The van der Waals surface area contributed by atoms with E-state index in [9.17, 15) is 18.0 Å². The third-order valence-corrected chi connectivity index (χ3v) is 6.48. The molecule has 1 N–H and O–H groups in total. The fraction of sp³-hybridized carbons (Fsp3) is 0.458. The van der Waals surface area contributed by atoms with Crippen LogP contribution in [-0.4, -0.2) is 51.8 Å². The molecule has 10 heteroatoms. The van der Waals surface area contributed by atoms with Crippen LogP contribution in [0, 0.1) is 0 Å². The van der Waals surface area contributed by atoms with E-state index in [1.807, 2.05) is 6.07 Å². The average Bonchev–Trinajstić information content (AvgIpc) is 3.28. The first kappa shape index (κ1) is 22.6. The number of ether oxygens (including phenoxy) is 2. The zero-order valence-corrected chi connectivity index (χ0v) is 18.5. The molecule has 5 rings (SSSR count). The lowest BCUT2D eigenvalue weighted by Gasteiger charge is -2.32. The van der Waals surface area contributed by atoms with E-state index in [0.29, 0.717) is 18.7 Å². The second-order valence-corrected chi connectivity index (χ2v) is 8.71. The average molecular weight is 474 g/mol. The molecule has 7 nitrogen and oxygen atoms in total. The summed E-state index contributed by atoms with van der Waals surface area (Å²) in [6, 6.07) is 7.04. The maximum atomic E-state index is 12.9. The van der Waals surface area contributed by atoms with Crippen molar-refractivity contribution in [2.24, 2.45) is 0 Å². The van der Waals surface area contributed by atoms with Crippen molar-refractivity contribution in [3.8, 4) is 5.75 Å². The van der Waals surface area contributed by atoms with Crippen LogP contribution >= 0.6 is 0 Å². The van der Waals surface area contributed by atoms with Gasteiger partial charge in [-0.05, 0) is 73.9 Å². The smallest absolute Gasteiger partial charge is 0.406 e. The minimum absolute atomic E-state index is 0.0248. The maximum absolute atomic E-state index is 12.9. The van der Waals surface area contributed by atoms with Crippen molar-refractivity contribution in [3.63, 3.8) is 0 Å². The van der Waals surface area contributed by atoms with Gasteiger partial charge in [0.05, 0.1) is 0 Å². The van der Waals surface area contributed by atoms with Gasteiger partial charge in [0, 0.05) is 31.5 Å². The Bertz CT molecular complexity index is 1150. The molecule has 2 saturated heterocycles. The van der Waals surface area contributed by atoms with Gasteiger partial charge in [0.2, 0.25) is 0 Å². The van der Waals surface area contributed by atoms with Crippen LogP contribution in [-0.2, 0) is 4.74 Å². The van der Waals surface area contributed by atoms with E-state index in [-0.39, 0.29) is 23.7 Å². The number of imidazole rings is 1. The van der Waals surface area contributed by atoms with Crippen molar-refractivity contribution in [1.82, 2.24) is 19.9 Å². The van der Waals surface area contributed by atoms with Gasteiger partial charge in [0.15, 0.2) is 5.65 Å². The van der Waals surface area contributed by atoms with Crippen LogP contribution in [0.1, 0.15) is 65.9 Å². The number of nitrogens with zero attached hydrogens (tertiary/aromatic N) is 3. The number of nitrogens with one attached hydrogen (secondary N) is 1. The van der Waals surface area contributed by atoms with Crippen molar-refractivity contribution in [3.05, 3.63) is 53.5 Å². The highest BCUT2D eigenvalue weighted by Crippen LogP contribution is 2.34. The Kier molecular flexibility index (Phi) is 6.16. The lowest BCUT2D eigenvalue weighted by Crippen LogP contribution is -2.38. The number of fused-ring (bicyclic) bond motifs is 1. The standard InChI is InChI=1S/C24H25F3N4O3/c25-24(26,27)34-17-6-4-16(5-7-17)23(32)31-12-9-15(10-13-31)18-8-11-28-22-20(18)29-21(30-22)19-3-1-2-14-33-19/h4-8,11,15,19H,1-3,9-10,12-14H2,(H,28,29,30). The predicted octanol–water partition coefficient (Wildman–Crippen LogP) is 5.12. The molecule has 2 aliphatic rings. The summed E-state index contributed by atoms with van der Waals surface area (Å²) in [5.41, 5.74) is 3.06. The second-order valence-electron chi connectivity index (χ2n) is 8.71. The molecule has 1 amide bonds. The van der Waals surface area contributed by atoms with Gasteiger partial charge < -0.3 is 19.4 Å². The molecule has 1 atom stereocenters. The zero-order valence-electron chi connectivity index (χ0n) is 18.5. The van der Waals surface area contributed by atoms with Gasteiger partial charge >= 0.3 is 6.36 Å². The predicted molar refractivity (Wildman–Crippen MR) is 117 cm³/mol. The lowest BCUT2D eigenvalue weighted by molar-refractivity contribution is -0.274. The number of benzene rings is 1. The number of rotatable bonds is 4. The Labute approximate surface area is 194 Å². The summed E-state index contributed by atoms with van der Waals surface area (Å²) in [7, 11) is 0. The number of alkyl halides is 3. The summed E-state index contributed by atoms with van der Waals surface area (Å²) in [4.78, 5) is 27.2. The van der Waals surface area contributed by atoms with E-state index in [2.05, 4.69) is 14.7 Å². The van der Waals surface area contributed by atoms with Crippen molar-refractivity contribution in [2.45, 2.75) is 50.5 Å². The van der Waals surface area contributed by atoms with Crippen LogP contribution in [0.2, 0.25) is 0 Å². The molecule has 1 unspecified atom stereocenters. The Morgan fingerprint density at radius 3 is 2.53 bits per heavy atom. The van der Waals surface area contributed by atoms with Gasteiger partial charge in [-0.1, -0.05) is 0 Å². The number of carbonyl (C=O) groups is 1. The summed E-state index contributed by atoms with van der Waals surface area (Å²) in [5.74, 6) is 0.510. The molecule has 34 heavy (non-hydrogen) atoms. The molecule has 2 aliphatic heterocycles. The van der Waals surface area contributed by atoms with Gasteiger partial charge in [-0.2, -0.15) is 0 Å². The normalized spacial score (nSPS) is 20.0. The number of carbonyl (C=O) groups excluding carboxylic acids is 1. The molecule has 2 aromatic heterocycles. The van der Waals surface area contributed by atoms with Crippen LogP contribution in [0.5, 0.6) is 5.75 Å². The number of pyridine rings is 1. The molecule has 2 fully saturated rings. The number of piperidine rings is 1. The summed E-state index contributed by atoms with van der Waals surface area (Å²) in [6.45, 7) is 1.85. The fourth-order valence-corrected chi connectivity index (χ4v) is 4.76. The van der Waals surface area contributed by atoms with Crippen LogP contribution in [0.15, 0.2) is 36.5 Å². The minimum Gasteiger partial charge on any atom is -0.406 e. The molecule has 4 heterocycles. The van der Waals surface area contributed by atoms with E-state index in [1.54, 1.807) is 11.1 Å². The number of aromatic nitrogens is 3. The molecule has 0 bridgehead atoms. The third-order valence-electron chi connectivity index (χ3n) is 6.48. The summed E-state index contributed by atoms with van der Waals surface area (Å²) >= 11 is 0. The molecule has 0 aliphatic carbocycles. The van der Waals surface area contributed by atoms with Gasteiger partial charge in [0.1, 0.15) is 23.2 Å². The van der Waals surface area contributed by atoms with Gasteiger partial charge in [-0.25, -0.2) is 9.97 Å². The highest BCUT2D eigenvalue weighted by Gasteiger charge is 2.31. The molecule has 0 spiro atoms. The van der Waals surface area contributed by atoms with Gasteiger partial charge in [0.25, 0.3) is 5.91 Å². The zero-order chi connectivity index (χ0) is 23.7. The fourth-order valence-electron chi connectivity index (χ4n) is 4.76.